The summed E-state index contributed by atoms with van der Waals surface area (Å²) >= 11 is 0. The topological polar surface area (TPSA) is 76.2 Å². The summed E-state index contributed by atoms with van der Waals surface area (Å²) in [4.78, 5) is 42.8. The molecular formula is C26H40N2O5Si. The number of carbonyl (C=O) groups is 3. The summed E-state index contributed by atoms with van der Waals surface area (Å²) in [6.07, 6.45) is 0.563. The second kappa shape index (κ2) is 9.11. The average molecular weight is 489 g/mol. The van der Waals surface area contributed by atoms with Gasteiger partial charge in [0.15, 0.2) is 9.04 Å². The molecule has 0 aromatic heterocycles. The van der Waals surface area contributed by atoms with Gasteiger partial charge in [0.25, 0.3) is 11.8 Å². The highest BCUT2D eigenvalue weighted by Crippen LogP contribution is 2.46. The van der Waals surface area contributed by atoms with Gasteiger partial charge in [-0.1, -0.05) is 32.9 Å². The van der Waals surface area contributed by atoms with E-state index in [4.69, 9.17) is 9.16 Å². The Hall–Kier alpha value is -2.19. The SMILES string of the molecule is CC(C[C@]1(O[SiH](C)C)C[C@H](C(C)(C)C)CN1C(=O)OC(C)(C)C)N1C(=O)c2ccccc2C1=O. The third-order valence-electron chi connectivity index (χ3n) is 6.63. The summed E-state index contributed by atoms with van der Waals surface area (Å²) in [5.74, 6) is -0.402. The average Bonchev–Trinajstić information content (AvgIpc) is 3.16. The maximum absolute atomic E-state index is 13.4. The summed E-state index contributed by atoms with van der Waals surface area (Å²) in [5.41, 5.74) is -0.782. The number of hydrogen-bond donors (Lipinski definition) is 0. The van der Waals surface area contributed by atoms with Crippen molar-refractivity contribution in [1.29, 1.82) is 0 Å². The van der Waals surface area contributed by atoms with Gasteiger partial charge in [-0.15, -0.1) is 0 Å². The predicted molar refractivity (Wildman–Crippen MR) is 134 cm³/mol. The van der Waals surface area contributed by atoms with Crippen molar-refractivity contribution in [3.8, 4) is 0 Å². The standard InChI is InChI=1S/C26H40N2O5Si/c1-17(28-21(29)19-12-10-11-13-20(19)22(28)30)14-26(33-34(8)9)15-18(24(2,3)4)16-27(26)23(31)32-25(5,6)7/h10-13,17-18,34H,14-16H2,1-9H3/t17?,18-,26-/m0/s1. The fourth-order valence-electron chi connectivity index (χ4n) is 5.04. The largest absolute Gasteiger partial charge is 0.444 e. The number of nitrogens with zero attached hydrogens (tertiary/aromatic N) is 2. The van der Waals surface area contributed by atoms with E-state index in [2.05, 4.69) is 33.9 Å². The lowest BCUT2D eigenvalue weighted by Gasteiger charge is -2.43. The predicted octanol–water partition coefficient (Wildman–Crippen LogP) is 5.06. The van der Waals surface area contributed by atoms with Crippen molar-refractivity contribution >= 4 is 26.9 Å². The van der Waals surface area contributed by atoms with E-state index in [9.17, 15) is 14.4 Å². The Morgan fingerprint density at radius 1 is 1.09 bits per heavy atom. The van der Waals surface area contributed by atoms with Gasteiger partial charge in [-0.3, -0.25) is 19.4 Å². The van der Waals surface area contributed by atoms with Gasteiger partial charge in [0.1, 0.15) is 11.3 Å². The maximum Gasteiger partial charge on any atom is 0.412 e. The molecule has 7 nitrogen and oxygen atoms in total. The Bertz CT molecular complexity index is 930. The first-order valence-corrected chi connectivity index (χ1v) is 15.0. The van der Waals surface area contributed by atoms with E-state index < -0.39 is 32.5 Å². The number of ether oxygens (including phenoxy) is 1. The minimum absolute atomic E-state index is 0.0529. The van der Waals surface area contributed by atoms with Crippen molar-refractivity contribution in [2.45, 2.75) is 91.8 Å². The van der Waals surface area contributed by atoms with E-state index in [1.165, 1.54) is 4.90 Å². The number of imide groups is 1. The van der Waals surface area contributed by atoms with Gasteiger partial charge in [0, 0.05) is 19.0 Å². The van der Waals surface area contributed by atoms with Crippen LogP contribution in [0.1, 0.15) is 82.0 Å². The van der Waals surface area contributed by atoms with Crippen molar-refractivity contribution in [2.75, 3.05) is 6.54 Å². The normalized spacial score (nSPS) is 24.1. The van der Waals surface area contributed by atoms with E-state index in [1.54, 1.807) is 29.2 Å². The number of carbonyl (C=O) groups excluding carboxylic acids is 3. The second-order valence-corrected chi connectivity index (χ2v) is 14.4. The lowest BCUT2D eigenvalue weighted by Crippen LogP contribution is -2.56. The molecule has 2 aliphatic heterocycles. The number of rotatable bonds is 5. The monoisotopic (exact) mass is 488 g/mol. The Balaban J connectivity index is 1.98. The molecule has 34 heavy (non-hydrogen) atoms. The van der Waals surface area contributed by atoms with Gasteiger partial charge in [0.2, 0.25) is 0 Å². The first-order valence-electron chi connectivity index (χ1n) is 12.2. The van der Waals surface area contributed by atoms with Crippen LogP contribution in [-0.2, 0) is 9.16 Å². The summed E-state index contributed by atoms with van der Waals surface area (Å²) < 4.78 is 12.5. The molecule has 1 aromatic rings. The van der Waals surface area contributed by atoms with E-state index in [0.717, 1.165) is 0 Å². The number of fused-ring (bicyclic) bond motifs is 1. The molecule has 2 heterocycles. The van der Waals surface area contributed by atoms with Crippen LogP contribution in [0.3, 0.4) is 0 Å². The molecule has 0 saturated carbocycles. The molecule has 0 aliphatic carbocycles. The molecule has 0 radical (unpaired) electrons. The van der Waals surface area contributed by atoms with Crippen LogP contribution in [0, 0.1) is 11.3 Å². The molecule has 1 unspecified atom stereocenters. The Morgan fingerprint density at radius 2 is 1.62 bits per heavy atom. The quantitative estimate of drug-likeness (QED) is 0.428. The fourth-order valence-corrected chi connectivity index (χ4v) is 6.23. The molecule has 1 fully saturated rings. The van der Waals surface area contributed by atoms with E-state index in [0.29, 0.717) is 30.5 Å². The molecule has 3 rings (SSSR count). The lowest BCUT2D eigenvalue weighted by atomic mass is 9.78. The van der Waals surface area contributed by atoms with Crippen molar-refractivity contribution in [3.05, 3.63) is 35.4 Å². The third-order valence-corrected chi connectivity index (χ3v) is 7.54. The van der Waals surface area contributed by atoms with Gasteiger partial charge in [-0.2, -0.15) is 0 Å². The molecule has 0 N–H and O–H groups in total. The van der Waals surface area contributed by atoms with Crippen molar-refractivity contribution in [2.24, 2.45) is 11.3 Å². The van der Waals surface area contributed by atoms with Crippen LogP contribution >= 0.6 is 0 Å². The molecule has 3 amide bonds. The van der Waals surface area contributed by atoms with Gasteiger partial charge >= 0.3 is 6.09 Å². The minimum Gasteiger partial charge on any atom is -0.444 e. The van der Waals surface area contributed by atoms with E-state index >= 15 is 0 Å². The number of likely N-dealkylation sites (tertiary alicyclic amines) is 1. The van der Waals surface area contributed by atoms with E-state index in [1.807, 2.05) is 27.7 Å². The number of benzene rings is 1. The Morgan fingerprint density at radius 3 is 2.06 bits per heavy atom. The summed E-state index contributed by atoms with van der Waals surface area (Å²) in [6, 6.07) is 6.45. The molecule has 3 atom stereocenters. The minimum atomic E-state index is -1.63. The number of amides is 3. The molecule has 188 valence electrons. The highest BCUT2D eigenvalue weighted by atomic mass is 28.3. The van der Waals surface area contributed by atoms with Crippen LogP contribution in [0.25, 0.3) is 0 Å². The second-order valence-electron chi connectivity index (χ2n) is 12.0. The third kappa shape index (κ3) is 5.22. The van der Waals surface area contributed by atoms with Gasteiger partial charge < -0.3 is 9.16 Å². The van der Waals surface area contributed by atoms with Gasteiger partial charge in [-0.25, -0.2) is 4.79 Å². The summed E-state index contributed by atoms with van der Waals surface area (Å²) in [7, 11) is -1.63. The highest BCUT2D eigenvalue weighted by molar-refractivity contribution is 6.48. The zero-order chi connectivity index (χ0) is 25.6. The fraction of sp³-hybridized carbons (Fsp3) is 0.654. The van der Waals surface area contributed by atoms with Crippen LogP contribution < -0.4 is 0 Å². The van der Waals surface area contributed by atoms with Crippen LogP contribution in [0.2, 0.25) is 13.1 Å². The zero-order valence-corrected chi connectivity index (χ0v) is 23.3. The maximum atomic E-state index is 13.4. The molecule has 0 bridgehead atoms. The molecule has 1 saturated heterocycles. The van der Waals surface area contributed by atoms with Gasteiger partial charge in [0.05, 0.1) is 11.1 Å². The Labute approximate surface area is 205 Å². The summed E-state index contributed by atoms with van der Waals surface area (Å²) in [5, 5.41) is 0. The Kier molecular flexibility index (Phi) is 7.08. The van der Waals surface area contributed by atoms with Crippen LogP contribution in [-0.4, -0.2) is 60.7 Å². The van der Waals surface area contributed by atoms with Gasteiger partial charge in [-0.05, 0) is 70.7 Å². The molecule has 2 aliphatic rings. The molecule has 1 aromatic carbocycles. The van der Waals surface area contributed by atoms with Crippen molar-refractivity contribution in [1.82, 2.24) is 9.80 Å². The number of hydrogen-bond acceptors (Lipinski definition) is 5. The molecular weight excluding hydrogens is 448 g/mol. The first kappa shape index (κ1) is 26.4. The first-order chi connectivity index (χ1) is 15.6. The van der Waals surface area contributed by atoms with Crippen molar-refractivity contribution < 1.29 is 23.5 Å². The van der Waals surface area contributed by atoms with E-state index in [-0.39, 0.29) is 23.1 Å². The smallest absolute Gasteiger partial charge is 0.412 e. The molecule has 0 spiro atoms. The van der Waals surface area contributed by atoms with Crippen molar-refractivity contribution in [3.63, 3.8) is 0 Å². The van der Waals surface area contributed by atoms with Crippen LogP contribution in [0.4, 0.5) is 4.79 Å². The highest BCUT2D eigenvalue weighted by Gasteiger charge is 2.55. The van der Waals surface area contributed by atoms with Crippen LogP contribution in [0.15, 0.2) is 24.3 Å². The lowest BCUT2D eigenvalue weighted by molar-refractivity contribution is -0.0804. The zero-order valence-electron chi connectivity index (χ0n) is 22.1. The summed E-state index contributed by atoms with van der Waals surface area (Å²) in [6.45, 7) is 18.6. The van der Waals surface area contributed by atoms with Crippen LogP contribution in [0.5, 0.6) is 0 Å². The molecule has 8 heteroatoms.